The van der Waals surface area contributed by atoms with Crippen LogP contribution >= 0.6 is 22.6 Å². The second kappa shape index (κ2) is 5.16. The van der Waals surface area contributed by atoms with Crippen LogP contribution in [0.3, 0.4) is 0 Å². The van der Waals surface area contributed by atoms with Gasteiger partial charge in [-0.05, 0) is 40.8 Å². The van der Waals surface area contributed by atoms with Gasteiger partial charge in [0.1, 0.15) is 12.4 Å². The predicted octanol–water partition coefficient (Wildman–Crippen LogP) is 2.57. The smallest absolute Gasteiger partial charge is 0.120 e. The van der Waals surface area contributed by atoms with Gasteiger partial charge in [-0.15, -0.1) is 0 Å². The second-order valence-corrected chi connectivity index (χ2v) is 4.35. The van der Waals surface area contributed by atoms with Gasteiger partial charge in [-0.2, -0.15) is 0 Å². The fraction of sp³-hybridized carbons (Fsp3) is 0.182. The van der Waals surface area contributed by atoms with Crippen molar-refractivity contribution in [1.29, 1.82) is 0 Å². The van der Waals surface area contributed by atoms with Crippen molar-refractivity contribution in [2.24, 2.45) is 0 Å². The van der Waals surface area contributed by atoms with Crippen LogP contribution in [-0.4, -0.2) is 16.2 Å². The zero-order valence-electron chi connectivity index (χ0n) is 8.14. The number of rotatable bonds is 4. The molecule has 0 fully saturated rings. The molecule has 1 aromatic carbocycles. The summed E-state index contributed by atoms with van der Waals surface area (Å²) >= 11 is 2.27. The number of halogens is 1. The summed E-state index contributed by atoms with van der Waals surface area (Å²) in [6.45, 7) is 1.49. The van der Waals surface area contributed by atoms with E-state index in [1.807, 2.05) is 35.0 Å². The third kappa shape index (κ3) is 3.23. The van der Waals surface area contributed by atoms with Gasteiger partial charge in [0.05, 0.1) is 12.9 Å². The molecule has 0 bridgehead atoms. The van der Waals surface area contributed by atoms with Gasteiger partial charge in [-0.25, -0.2) is 4.98 Å². The number of aromatic nitrogens is 2. The van der Waals surface area contributed by atoms with Gasteiger partial charge in [0.15, 0.2) is 0 Å². The largest absolute Gasteiger partial charge is 0.492 e. The zero-order chi connectivity index (χ0) is 10.5. The van der Waals surface area contributed by atoms with Crippen molar-refractivity contribution < 1.29 is 4.74 Å². The van der Waals surface area contributed by atoms with E-state index in [0.717, 1.165) is 12.3 Å². The lowest BCUT2D eigenvalue weighted by Crippen LogP contribution is -2.06. The first-order valence-corrected chi connectivity index (χ1v) is 5.76. The Balaban J connectivity index is 1.83. The molecular formula is C11H11IN2O. The Morgan fingerprint density at radius 2 is 2.33 bits per heavy atom. The molecule has 0 aliphatic carbocycles. The SMILES string of the molecule is Ic1cccc(OCCn2ccnc2)c1. The highest BCUT2D eigenvalue weighted by atomic mass is 127. The van der Waals surface area contributed by atoms with E-state index in [2.05, 4.69) is 27.6 Å². The molecule has 78 valence electrons. The number of nitrogens with zero attached hydrogens (tertiary/aromatic N) is 2. The molecule has 2 rings (SSSR count). The number of benzene rings is 1. The number of hydrogen-bond donors (Lipinski definition) is 0. The van der Waals surface area contributed by atoms with Gasteiger partial charge in [-0.1, -0.05) is 6.07 Å². The molecule has 2 aromatic rings. The summed E-state index contributed by atoms with van der Waals surface area (Å²) < 4.78 is 8.79. The molecule has 4 heteroatoms. The highest BCUT2D eigenvalue weighted by molar-refractivity contribution is 14.1. The van der Waals surface area contributed by atoms with Crippen molar-refractivity contribution in [3.05, 3.63) is 46.6 Å². The van der Waals surface area contributed by atoms with Gasteiger partial charge in [-0.3, -0.25) is 0 Å². The average molecular weight is 314 g/mol. The Morgan fingerprint density at radius 1 is 1.40 bits per heavy atom. The second-order valence-electron chi connectivity index (χ2n) is 3.11. The van der Waals surface area contributed by atoms with E-state index in [-0.39, 0.29) is 0 Å². The number of hydrogen-bond acceptors (Lipinski definition) is 2. The first kappa shape index (κ1) is 10.5. The van der Waals surface area contributed by atoms with Crippen molar-refractivity contribution in [1.82, 2.24) is 9.55 Å². The summed E-state index contributed by atoms with van der Waals surface area (Å²) in [7, 11) is 0. The normalized spacial score (nSPS) is 10.2. The predicted molar refractivity (Wildman–Crippen MR) is 66.9 cm³/mol. The molecule has 0 atom stereocenters. The number of imidazole rings is 1. The lowest BCUT2D eigenvalue weighted by atomic mass is 10.3. The van der Waals surface area contributed by atoms with Crippen molar-refractivity contribution in [2.75, 3.05) is 6.61 Å². The zero-order valence-corrected chi connectivity index (χ0v) is 10.3. The van der Waals surface area contributed by atoms with E-state index in [1.54, 1.807) is 12.5 Å². The molecule has 0 amide bonds. The Bertz CT molecular complexity index is 414. The fourth-order valence-electron chi connectivity index (χ4n) is 1.24. The van der Waals surface area contributed by atoms with Crippen LogP contribution in [0, 0.1) is 3.57 Å². The van der Waals surface area contributed by atoms with Crippen LogP contribution in [0.15, 0.2) is 43.0 Å². The quantitative estimate of drug-likeness (QED) is 0.811. The lowest BCUT2D eigenvalue weighted by Gasteiger charge is -2.06. The van der Waals surface area contributed by atoms with Gasteiger partial charge in [0.25, 0.3) is 0 Å². The monoisotopic (exact) mass is 314 g/mol. The summed E-state index contributed by atoms with van der Waals surface area (Å²) in [5.41, 5.74) is 0. The topological polar surface area (TPSA) is 27.1 Å². The maximum absolute atomic E-state index is 5.61. The van der Waals surface area contributed by atoms with E-state index in [4.69, 9.17) is 4.74 Å². The van der Waals surface area contributed by atoms with Crippen LogP contribution in [0.2, 0.25) is 0 Å². The molecule has 0 saturated heterocycles. The summed E-state index contributed by atoms with van der Waals surface area (Å²) in [6, 6.07) is 8.03. The minimum Gasteiger partial charge on any atom is -0.492 e. The summed E-state index contributed by atoms with van der Waals surface area (Å²) in [5.74, 6) is 0.919. The standard InChI is InChI=1S/C11H11IN2O/c12-10-2-1-3-11(8-10)15-7-6-14-5-4-13-9-14/h1-5,8-9H,6-7H2. The number of ether oxygens (including phenoxy) is 1. The van der Waals surface area contributed by atoms with Crippen LogP contribution in [-0.2, 0) is 6.54 Å². The average Bonchev–Trinajstić information content (AvgIpc) is 2.71. The Hall–Kier alpha value is -1.04. The summed E-state index contributed by atoms with van der Waals surface area (Å²) in [6.07, 6.45) is 5.49. The maximum Gasteiger partial charge on any atom is 0.120 e. The molecule has 0 spiro atoms. The van der Waals surface area contributed by atoms with Gasteiger partial charge < -0.3 is 9.30 Å². The molecule has 0 aliphatic rings. The van der Waals surface area contributed by atoms with E-state index >= 15 is 0 Å². The molecule has 0 aliphatic heterocycles. The first-order chi connectivity index (χ1) is 7.34. The van der Waals surface area contributed by atoms with Crippen molar-refractivity contribution in [3.8, 4) is 5.75 Å². The molecule has 1 heterocycles. The Labute approximate surface area is 102 Å². The van der Waals surface area contributed by atoms with Gasteiger partial charge >= 0.3 is 0 Å². The van der Waals surface area contributed by atoms with Crippen molar-refractivity contribution >= 4 is 22.6 Å². The van der Waals surface area contributed by atoms with Gasteiger partial charge in [0.2, 0.25) is 0 Å². The Kier molecular flexibility index (Phi) is 3.60. The Morgan fingerprint density at radius 3 is 3.07 bits per heavy atom. The molecule has 0 saturated carbocycles. The van der Waals surface area contributed by atoms with E-state index in [1.165, 1.54) is 3.57 Å². The van der Waals surface area contributed by atoms with Crippen molar-refractivity contribution in [2.45, 2.75) is 6.54 Å². The fourth-order valence-corrected chi connectivity index (χ4v) is 1.76. The van der Waals surface area contributed by atoms with Crippen LogP contribution in [0.25, 0.3) is 0 Å². The van der Waals surface area contributed by atoms with E-state index in [9.17, 15) is 0 Å². The van der Waals surface area contributed by atoms with E-state index in [0.29, 0.717) is 6.61 Å². The molecular weight excluding hydrogens is 303 g/mol. The molecule has 0 radical (unpaired) electrons. The van der Waals surface area contributed by atoms with E-state index < -0.39 is 0 Å². The minimum atomic E-state index is 0.663. The van der Waals surface area contributed by atoms with Crippen LogP contribution in [0.5, 0.6) is 5.75 Å². The van der Waals surface area contributed by atoms with Gasteiger partial charge in [0, 0.05) is 16.0 Å². The summed E-state index contributed by atoms with van der Waals surface area (Å²) in [5, 5.41) is 0. The van der Waals surface area contributed by atoms with Crippen LogP contribution in [0.4, 0.5) is 0 Å². The molecule has 1 aromatic heterocycles. The van der Waals surface area contributed by atoms with Crippen LogP contribution in [0.1, 0.15) is 0 Å². The third-order valence-corrected chi connectivity index (χ3v) is 2.64. The molecule has 3 nitrogen and oxygen atoms in total. The summed E-state index contributed by atoms with van der Waals surface area (Å²) in [4.78, 5) is 3.97. The highest BCUT2D eigenvalue weighted by Gasteiger charge is 1.94. The van der Waals surface area contributed by atoms with Crippen molar-refractivity contribution in [3.63, 3.8) is 0 Å². The maximum atomic E-state index is 5.61. The molecule has 0 unspecified atom stereocenters. The highest BCUT2D eigenvalue weighted by Crippen LogP contribution is 2.14. The van der Waals surface area contributed by atoms with Crippen LogP contribution < -0.4 is 4.74 Å². The lowest BCUT2D eigenvalue weighted by molar-refractivity contribution is 0.298. The minimum absolute atomic E-state index is 0.663. The first-order valence-electron chi connectivity index (χ1n) is 4.69. The molecule has 0 N–H and O–H groups in total. The molecule has 15 heavy (non-hydrogen) atoms. The third-order valence-electron chi connectivity index (χ3n) is 1.97.